The van der Waals surface area contributed by atoms with Gasteiger partial charge in [-0.25, -0.2) is 4.98 Å². The third-order valence-electron chi connectivity index (χ3n) is 4.41. The van der Waals surface area contributed by atoms with Gasteiger partial charge in [0.25, 0.3) is 5.56 Å². The number of carbonyl (C=O) groups excluding carboxylic acids is 1. The molecule has 0 N–H and O–H groups in total. The van der Waals surface area contributed by atoms with Crippen molar-refractivity contribution < 1.29 is 14.3 Å². The molecule has 0 bridgehead atoms. The maximum Gasteiger partial charge on any atom is 0.262 e. The zero-order valence-electron chi connectivity index (χ0n) is 15.8. The zero-order chi connectivity index (χ0) is 19.7. The van der Waals surface area contributed by atoms with E-state index in [9.17, 15) is 9.59 Å². The Labute approximate surface area is 165 Å². The molecule has 0 radical (unpaired) electrons. The number of methoxy groups -OCH3 is 2. The molecule has 0 aliphatic rings. The van der Waals surface area contributed by atoms with Gasteiger partial charge in [0.05, 0.1) is 25.4 Å². The SMILES string of the molecule is COc1ccc(C(=O)CSc2nc3sc(C)c(C)c3c(=O)n2C)cc1OC. The fraction of sp³-hybridized carbons (Fsp3) is 0.316. The van der Waals surface area contributed by atoms with Crippen molar-refractivity contribution in [1.82, 2.24) is 9.55 Å². The minimum absolute atomic E-state index is 0.0751. The van der Waals surface area contributed by atoms with E-state index in [1.165, 1.54) is 34.8 Å². The lowest BCUT2D eigenvalue weighted by atomic mass is 10.1. The van der Waals surface area contributed by atoms with Gasteiger partial charge >= 0.3 is 0 Å². The summed E-state index contributed by atoms with van der Waals surface area (Å²) in [4.78, 5) is 31.6. The maximum absolute atomic E-state index is 12.7. The van der Waals surface area contributed by atoms with Crippen LogP contribution < -0.4 is 15.0 Å². The number of aromatic nitrogens is 2. The Kier molecular flexibility index (Phi) is 5.57. The normalized spacial score (nSPS) is 11.0. The van der Waals surface area contributed by atoms with Crippen LogP contribution in [0.5, 0.6) is 11.5 Å². The number of ketones is 1. The molecule has 6 nitrogen and oxygen atoms in total. The van der Waals surface area contributed by atoms with Crippen LogP contribution in [-0.4, -0.2) is 35.3 Å². The number of ether oxygens (including phenoxy) is 2. The Morgan fingerprint density at radius 1 is 1.22 bits per heavy atom. The van der Waals surface area contributed by atoms with E-state index in [2.05, 4.69) is 4.98 Å². The van der Waals surface area contributed by atoms with E-state index >= 15 is 0 Å². The number of fused-ring (bicyclic) bond motifs is 1. The molecular weight excluding hydrogens is 384 g/mol. The molecule has 3 rings (SSSR count). The van der Waals surface area contributed by atoms with E-state index in [1.807, 2.05) is 13.8 Å². The molecule has 0 saturated heterocycles. The summed E-state index contributed by atoms with van der Waals surface area (Å²) in [6, 6.07) is 5.06. The summed E-state index contributed by atoms with van der Waals surface area (Å²) in [7, 11) is 4.76. The summed E-state index contributed by atoms with van der Waals surface area (Å²) in [5.74, 6) is 1.17. The van der Waals surface area contributed by atoms with Gasteiger partial charge < -0.3 is 9.47 Å². The van der Waals surface area contributed by atoms with Gasteiger partial charge in [-0.3, -0.25) is 14.2 Å². The Hall–Kier alpha value is -2.32. The molecule has 27 heavy (non-hydrogen) atoms. The highest BCUT2D eigenvalue weighted by Gasteiger charge is 2.17. The number of thiophene rings is 1. The smallest absolute Gasteiger partial charge is 0.262 e. The fourth-order valence-electron chi connectivity index (χ4n) is 2.71. The highest BCUT2D eigenvalue weighted by molar-refractivity contribution is 7.99. The quantitative estimate of drug-likeness (QED) is 0.355. The van der Waals surface area contributed by atoms with Crippen LogP contribution in [-0.2, 0) is 7.05 Å². The predicted octanol–water partition coefficient (Wildman–Crippen LogP) is 3.60. The second kappa shape index (κ2) is 7.74. The molecule has 0 atom stereocenters. The van der Waals surface area contributed by atoms with Crippen LogP contribution in [0.25, 0.3) is 10.2 Å². The van der Waals surface area contributed by atoms with Gasteiger partial charge in [0.2, 0.25) is 0 Å². The van der Waals surface area contributed by atoms with E-state index < -0.39 is 0 Å². The molecule has 142 valence electrons. The number of benzene rings is 1. The molecule has 2 heterocycles. The second-order valence-corrected chi connectivity index (χ2v) is 8.15. The molecule has 0 aliphatic carbocycles. The van der Waals surface area contributed by atoms with Crippen molar-refractivity contribution in [2.45, 2.75) is 19.0 Å². The number of nitrogens with zero attached hydrogens (tertiary/aromatic N) is 2. The van der Waals surface area contributed by atoms with Crippen molar-refractivity contribution >= 4 is 39.1 Å². The van der Waals surface area contributed by atoms with Gasteiger partial charge in [0, 0.05) is 17.5 Å². The fourth-order valence-corrected chi connectivity index (χ4v) is 4.65. The molecule has 0 unspecified atom stereocenters. The minimum atomic E-state index is -0.0806. The number of hydrogen-bond acceptors (Lipinski definition) is 7. The predicted molar refractivity (Wildman–Crippen MR) is 109 cm³/mol. The molecule has 3 aromatic rings. The van der Waals surface area contributed by atoms with Crippen LogP contribution in [0.3, 0.4) is 0 Å². The summed E-state index contributed by atoms with van der Waals surface area (Å²) in [5, 5.41) is 1.19. The number of Topliss-reactive ketones (excluding diaryl/α,β-unsaturated/α-hetero) is 1. The van der Waals surface area contributed by atoms with Gasteiger partial charge in [-0.05, 0) is 37.6 Å². The third kappa shape index (κ3) is 3.59. The average molecular weight is 405 g/mol. The highest BCUT2D eigenvalue weighted by Crippen LogP contribution is 2.30. The van der Waals surface area contributed by atoms with Crippen molar-refractivity contribution in [3.05, 3.63) is 44.6 Å². The molecule has 0 fully saturated rings. The molecular formula is C19H20N2O4S2. The zero-order valence-corrected chi connectivity index (χ0v) is 17.4. The molecule has 8 heteroatoms. The molecule has 2 aromatic heterocycles. The van der Waals surface area contributed by atoms with Crippen LogP contribution in [0.4, 0.5) is 0 Å². The summed E-state index contributed by atoms with van der Waals surface area (Å²) >= 11 is 2.76. The van der Waals surface area contributed by atoms with Crippen LogP contribution in [0.2, 0.25) is 0 Å². The van der Waals surface area contributed by atoms with Crippen molar-refractivity contribution in [2.24, 2.45) is 7.05 Å². The second-order valence-electron chi connectivity index (χ2n) is 6.00. The lowest BCUT2D eigenvalue weighted by Crippen LogP contribution is -2.20. The monoisotopic (exact) mass is 404 g/mol. The van der Waals surface area contributed by atoms with Crippen molar-refractivity contribution in [3.63, 3.8) is 0 Å². The van der Waals surface area contributed by atoms with Gasteiger partial charge in [0.1, 0.15) is 4.83 Å². The Morgan fingerprint density at radius 3 is 2.59 bits per heavy atom. The number of rotatable bonds is 6. The highest BCUT2D eigenvalue weighted by atomic mass is 32.2. The number of thioether (sulfide) groups is 1. The standard InChI is InChI=1S/C19H20N2O4S2/c1-10-11(2)27-17-16(10)18(23)21(3)19(20-17)26-9-13(22)12-6-7-14(24-4)15(8-12)25-5/h6-8H,9H2,1-5H3. The molecule has 1 aromatic carbocycles. The molecule has 0 aliphatic heterocycles. The Bertz CT molecular complexity index is 1090. The number of aryl methyl sites for hydroxylation is 2. The topological polar surface area (TPSA) is 70.4 Å². The van der Waals surface area contributed by atoms with E-state index in [0.29, 0.717) is 32.4 Å². The first kappa shape index (κ1) is 19.4. The van der Waals surface area contributed by atoms with Crippen LogP contribution in [0.15, 0.2) is 28.2 Å². The lowest BCUT2D eigenvalue weighted by molar-refractivity contribution is 0.102. The molecule has 0 saturated carbocycles. The van der Waals surface area contributed by atoms with Gasteiger partial charge in [-0.1, -0.05) is 11.8 Å². The first-order valence-electron chi connectivity index (χ1n) is 8.22. The number of carbonyl (C=O) groups is 1. The summed E-state index contributed by atoms with van der Waals surface area (Å²) < 4.78 is 11.9. The van der Waals surface area contributed by atoms with E-state index in [0.717, 1.165) is 10.4 Å². The van der Waals surface area contributed by atoms with Crippen molar-refractivity contribution in [2.75, 3.05) is 20.0 Å². The van der Waals surface area contributed by atoms with Gasteiger partial charge in [-0.2, -0.15) is 0 Å². The van der Waals surface area contributed by atoms with Gasteiger partial charge in [0.15, 0.2) is 22.4 Å². The average Bonchev–Trinajstić information content (AvgIpc) is 2.96. The van der Waals surface area contributed by atoms with Crippen LogP contribution in [0.1, 0.15) is 20.8 Å². The summed E-state index contributed by atoms with van der Waals surface area (Å²) in [5.41, 5.74) is 1.41. The Morgan fingerprint density at radius 2 is 1.93 bits per heavy atom. The minimum Gasteiger partial charge on any atom is -0.493 e. The van der Waals surface area contributed by atoms with Gasteiger partial charge in [-0.15, -0.1) is 11.3 Å². The van der Waals surface area contributed by atoms with E-state index in [1.54, 1.807) is 32.4 Å². The molecule has 0 amide bonds. The first-order valence-corrected chi connectivity index (χ1v) is 10.0. The maximum atomic E-state index is 12.7. The lowest BCUT2D eigenvalue weighted by Gasteiger charge is -2.10. The van der Waals surface area contributed by atoms with Crippen LogP contribution in [0, 0.1) is 13.8 Å². The first-order chi connectivity index (χ1) is 12.9. The Balaban J connectivity index is 1.85. The largest absolute Gasteiger partial charge is 0.493 e. The van der Waals surface area contributed by atoms with E-state index in [4.69, 9.17) is 9.47 Å². The van der Waals surface area contributed by atoms with Crippen molar-refractivity contribution in [1.29, 1.82) is 0 Å². The number of hydrogen-bond donors (Lipinski definition) is 0. The summed E-state index contributed by atoms with van der Waals surface area (Å²) in [6.07, 6.45) is 0. The third-order valence-corrected chi connectivity index (χ3v) is 6.54. The summed E-state index contributed by atoms with van der Waals surface area (Å²) in [6.45, 7) is 3.92. The molecule has 0 spiro atoms. The van der Waals surface area contributed by atoms with Crippen LogP contribution >= 0.6 is 23.1 Å². The van der Waals surface area contributed by atoms with E-state index in [-0.39, 0.29) is 17.1 Å². The van der Waals surface area contributed by atoms with Crippen molar-refractivity contribution in [3.8, 4) is 11.5 Å².